The summed E-state index contributed by atoms with van der Waals surface area (Å²) >= 11 is 6.01. The van der Waals surface area contributed by atoms with Crippen LogP contribution in [0.2, 0.25) is 5.02 Å². The zero-order valence-corrected chi connectivity index (χ0v) is 15.6. The van der Waals surface area contributed by atoms with Gasteiger partial charge in [0.25, 0.3) is 0 Å². The fourth-order valence-corrected chi connectivity index (χ4v) is 2.88. The Hall–Kier alpha value is -2.97. The van der Waals surface area contributed by atoms with Gasteiger partial charge in [-0.15, -0.1) is 10.2 Å². The van der Waals surface area contributed by atoms with Crippen molar-refractivity contribution >= 4 is 23.2 Å². The lowest BCUT2D eigenvalue weighted by atomic mass is 10.1. The number of anilines is 1. The minimum atomic E-state index is -0.161. The second-order valence-corrected chi connectivity index (χ2v) is 6.77. The molecular formula is C18H18ClN7O. The number of hydrogen-bond acceptors (Lipinski definition) is 6. The molecule has 8 nitrogen and oxygen atoms in total. The summed E-state index contributed by atoms with van der Waals surface area (Å²) in [6.07, 6.45) is 5.49. The van der Waals surface area contributed by atoms with Crippen molar-refractivity contribution < 1.29 is 5.11 Å². The third-order valence-electron chi connectivity index (χ3n) is 4.16. The molecule has 0 aliphatic heterocycles. The molecule has 0 unspecified atom stereocenters. The van der Waals surface area contributed by atoms with Crippen molar-refractivity contribution in [2.45, 2.75) is 13.0 Å². The third-order valence-corrected chi connectivity index (χ3v) is 4.41. The van der Waals surface area contributed by atoms with E-state index in [-0.39, 0.29) is 12.6 Å². The SMILES string of the molecule is C[C@@H](CO)Nc1nnc2c(-c3cnn(C)c3)nc(-c3ccc(Cl)cc3)cn12. The van der Waals surface area contributed by atoms with Gasteiger partial charge in [-0.05, 0) is 19.1 Å². The van der Waals surface area contributed by atoms with Gasteiger partial charge in [0.1, 0.15) is 5.69 Å². The Bertz CT molecular complexity index is 1090. The van der Waals surface area contributed by atoms with Crippen LogP contribution in [-0.2, 0) is 7.05 Å². The number of aromatic nitrogens is 6. The number of benzene rings is 1. The number of nitrogens with zero attached hydrogens (tertiary/aromatic N) is 6. The maximum atomic E-state index is 9.34. The van der Waals surface area contributed by atoms with Gasteiger partial charge in [-0.25, -0.2) is 4.98 Å². The van der Waals surface area contributed by atoms with E-state index in [2.05, 4.69) is 20.6 Å². The van der Waals surface area contributed by atoms with Crippen molar-refractivity contribution in [1.82, 2.24) is 29.4 Å². The Morgan fingerprint density at radius 3 is 2.59 bits per heavy atom. The van der Waals surface area contributed by atoms with Gasteiger partial charge in [0.05, 0.1) is 18.5 Å². The predicted molar refractivity (Wildman–Crippen MR) is 104 cm³/mol. The van der Waals surface area contributed by atoms with E-state index in [1.807, 2.05) is 55.0 Å². The minimum absolute atomic E-state index is 0.0144. The van der Waals surface area contributed by atoms with Crippen LogP contribution in [-0.4, -0.2) is 47.1 Å². The molecular weight excluding hydrogens is 366 g/mol. The standard InChI is InChI=1S/C18H18ClN7O/c1-11(10-27)21-18-24-23-17-16(13-7-20-25(2)8-13)22-15(9-26(17)18)12-3-5-14(19)6-4-12/h3-9,11,27H,10H2,1-2H3,(H,21,24)/t11-/m0/s1. The van der Waals surface area contributed by atoms with E-state index in [1.165, 1.54) is 0 Å². The lowest BCUT2D eigenvalue weighted by molar-refractivity contribution is 0.281. The summed E-state index contributed by atoms with van der Waals surface area (Å²) in [6, 6.07) is 7.32. The van der Waals surface area contributed by atoms with Gasteiger partial charge in [-0.3, -0.25) is 9.08 Å². The summed E-state index contributed by atoms with van der Waals surface area (Å²) in [4.78, 5) is 4.80. The van der Waals surface area contributed by atoms with Crippen LogP contribution in [0.3, 0.4) is 0 Å². The van der Waals surface area contributed by atoms with Gasteiger partial charge in [0.15, 0.2) is 5.65 Å². The molecule has 9 heteroatoms. The Kier molecular flexibility index (Phi) is 4.51. The van der Waals surface area contributed by atoms with Gasteiger partial charge >= 0.3 is 0 Å². The smallest absolute Gasteiger partial charge is 0.229 e. The number of rotatable bonds is 5. The molecule has 0 aliphatic rings. The molecule has 0 spiro atoms. The predicted octanol–water partition coefficient (Wildman–Crippen LogP) is 2.64. The average molecular weight is 384 g/mol. The number of nitrogens with one attached hydrogen (secondary N) is 1. The maximum Gasteiger partial charge on any atom is 0.229 e. The first-order valence-corrected chi connectivity index (χ1v) is 8.81. The topological polar surface area (TPSA) is 93.2 Å². The highest BCUT2D eigenvalue weighted by molar-refractivity contribution is 6.30. The summed E-state index contributed by atoms with van der Waals surface area (Å²) in [5.74, 6) is 0.536. The Morgan fingerprint density at radius 2 is 1.93 bits per heavy atom. The van der Waals surface area contributed by atoms with Gasteiger partial charge in [0.2, 0.25) is 5.95 Å². The Labute approximate surface area is 160 Å². The van der Waals surface area contributed by atoms with E-state index in [0.29, 0.717) is 22.3 Å². The lowest BCUT2D eigenvalue weighted by Gasteiger charge is -2.11. The van der Waals surface area contributed by atoms with Crippen LogP contribution >= 0.6 is 11.6 Å². The second-order valence-electron chi connectivity index (χ2n) is 6.33. The van der Waals surface area contributed by atoms with Crippen LogP contribution in [0, 0.1) is 0 Å². The van der Waals surface area contributed by atoms with Crippen molar-refractivity contribution in [3.05, 3.63) is 47.9 Å². The van der Waals surface area contributed by atoms with Gasteiger partial charge in [-0.2, -0.15) is 5.10 Å². The van der Waals surface area contributed by atoms with E-state index >= 15 is 0 Å². The minimum Gasteiger partial charge on any atom is -0.394 e. The zero-order valence-electron chi connectivity index (χ0n) is 14.8. The molecule has 138 valence electrons. The molecule has 0 amide bonds. The summed E-state index contributed by atoms with van der Waals surface area (Å²) in [7, 11) is 1.85. The van der Waals surface area contributed by atoms with Crippen molar-refractivity contribution in [3.63, 3.8) is 0 Å². The molecule has 3 heterocycles. The Balaban J connectivity index is 1.93. The van der Waals surface area contributed by atoms with Crippen molar-refractivity contribution in [1.29, 1.82) is 0 Å². The van der Waals surface area contributed by atoms with Crippen LogP contribution in [0.5, 0.6) is 0 Å². The molecule has 27 heavy (non-hydrogen) atoms. The Morgan fingerprint density at radius 1 is 1.15 bits per heavy atom. The molecule has 4 aromatic rings. The van der Waals surface area contributed by atoms with E-state index in [4.69, 9.17) is 16.6 Å². The normalized spacial score (nSPS) is 12.4. The first kappa shape index (κ1) is 17.4. The van der Waals surface area contributed by atoms with Crippen LogP contribution in [0.1, 0.15) is 6.92 Å². The van der Waals surface area contributed by atoms with E-state index in [0.717, 1.165) is 16.8 Å². The molecule has 2 N–H and O–H groups in total. The van der Waals surface area contributed by atoms with Crippen molar-refractivity contribution in [3.8, 4) is 22.5 Å². The number of fused-ring (bicyclic) bond motifs is 1. The monoisotopic (exact) mass is 383 g/mol. The number of aliphatic hydroxyl groups is 1. The highest BCUT2D eigenvalue weighted by Crippen LogP contribution is 2.28. The van der Waals surface area contributed by atoms with E-state index in [9.17, 15) is 5.11 Å². The van der Waals surface area contributed by atoms with Crippen LogP contribution in [0.4, 0.5) is 5.95 Å². The first-order chi connectivity index (χ1) is 13.0. The average Bonchev–Trinajstić information content (AvgIpc) is 3.28. The summed E-state index contributed by atoms with van der Waals surface area (Å²) in [5, 5.41) is 25.9. The van der Waals surface area contributed by atoms with E-state index < -0.39 is 0 Å². The molecule has 0 saturated heterocycles. The summed E-state index contributed by atoms with van der Waals surface area (Å²) in [5.41, 5.74) is 3.78. The number of hydrogen-bond donors (Lipinski definition) is 2. The van der Waals surface area contributed by atoms with Gasteiger partial charge in [0, 0.05) is 41.6 Å². The molecule has 3 aromatic heterocycles. The lowest BCUT2D eigenvalue weighted by Crippen LogP contribution is -2.21. The van der Waals surface area contributed by atoms with Crippen molar-refractivity contribution in [2.24, 2.45) is 7.05 Å². The third kappa shape index (κ3) is 3.36. The molecule has 0 aliphatic carbocycles. The number of halogens is 1. The molecule has 0 fully saturated rings. The molecule has 0 saturated carbocycles. The van der Waals surface area contributed by atoms with Crippen LogP contribution in [0.25, 0.3) is 28.2 Å². The zero-order chi connectivity index (χ0) is 19.0. The highest BCUT2D eigenvalue weighted by atomic mass is 35.5. The van der Waals surface area contributed by atoms with Crippen molar-refractivity contribution in [2.75, 3.05) is 11.9 Å². The number of aliphatic hydroxyl groups excluding tert-OH is 1. The molecule has 0 bridgehead atoms. The summed E-state index contributed by atoms with van der Waals surface area (Å²) in [6.45, 7) is 1.85. The van der Waals surface area contributed by atoms with Crippen LogP contribution in [0.15, 0.2) is 42.9 Å². The van der Waals surface area contributed by atoms with Gasteiger partial charge < -0.3 is 10.4 Å². The maximum absolute atomic E-state index is 9.34. The summed E-state index contributed by atoms with van der Waals surface area (Å²) < 4.78 is 3.55. The largest absolute Gasteiger partial charge is 0.394 e. The molecule has 1 aromatic carbocycles. The van der Waals surface area contributed by atoms with E-state index in [1.54, 1.807) is 10.9 Å². The first-order valence-electron chi connectivity index (χ1n) is 8.43. The molecule has 1 atom stereocenters. The number of aryl methyl sites for hydroxylation is 1. The molecule has 4 rings (SSSR count). The van der Waals surface area contributed by atoms with Crippen LogP contribution < -0.4 is 5.32 Å². The second kappa shape index (κ2) is 6.98. The molecule has 0 radical (unpaired) electrons. The van der Waals surface area contributed by atoms with Gasteiger partial charge in [-0.1, -0.05) is 23.7 Å². The highest BCUT2D eigenvalue weighted by Gasteiger charge is 2.17. The fraction of sp³-hybridized carbons (Fsp3) is 0.222. The fourth-order valence-electron chi connectivity index (χ4n) is 2.76. The quantitative estimate of drug-likeness (QED) is 0.550.